The van der Waals surface area contributed by atoms with E-state index in [0.717, 1.165) is 16.5 Å². The number of hydrogen-bond donors (Lipinski definition) is 7. The molecule has 0 saturated heterocycles. The van der Waals surface area contributed by atoms with E-state index in [9.17, 15) is 24.3 Å². The van der Waals surface area contributed by atoms with E-state index in [1.165, 1.54) is 11.8 Å². The summed E-state index contributed by atoms with van der Waals surface area (Å²) in [5, 5.41) is 18.6. The zero-order valence-electron chi connectivity index (χ0n) is 23.6. The number of para-hydroxylation sites is 1. The van der Waals surface area contributed by atoms with E-state index in [0.29, 0.717) is 31.6 Å². The average molecular weight is 577 g/mol. The smallest absolute Gasteiger partial charge is 0.326 e. The molecule has 4 atom stereocenters. The zero-order valence-corrected chi connectivity index (χ0v) is 24.4. The number of rotatable bonds is 18. The minimum absolute atomic E-state index is 0.165. The Kier molecular flexibility index (Phi) is 14.0. The van der Waals surface area contributed by atoms with Crippen molar-refractivity contribution < 1.29 is 24.3 Å². The molecule has 3 amide bonds. The Morgan fingerprint density at radius 3 is 2.25 bits per heavy atom. The molecule has 0 aliphatic carbocycles. The van der Waals surface area contributed by atoms with Gasteiger partial charge in [-0.1, -0.05) is 32.0 Å². The van der Waals surface area contributed by atoms with Crippen LogP contribution in [0.3, 0.4) is 0 Å². The fraction of sp³-hybridized carbons (Fsp3) is 0.571. The monoisotopic (exact) mass is 576 g/mol. The predicted molar refractivity (Wildman–Crippen MR) is 159 cm³/mol. The summed E-state index contributed by atoms with van der Waals surface area (Å²) in [6, 6.07) is 3.74. The molecule has 0 aliphatic heterocycles. The number of aliphatic carboxylic acids is 1. The van der Waals surface area contributed by atoms with Crippen LogP contribution in [-0.2, 0) is 25.6 Å². The largest absolute Gasteiger partial charge is 0.480 e. The Bertz CT molecular complexity index is 1120. The molecular weight excluding hydrogens is 532 g/mol. The number of thioether (sulfide) groups is 1. The molecule has 0 bridgehead atoms. The van der Waals surface area contributed by atoms with Gasteiger partial charge < -0.3 is 37.5 Å². The summed E-state index contributed by atoms with van der Waals surface area (Å²) in [6.07, 6.45) is 5.96. The fourth-order valence-electron chi connectivity index (χ4n) is 4.42. The van der Waals surface area contributed by atoms with E-state index in [1.807, 2.05) is 44.4 Å². The van der Waals surface area contributed by atoms with Gasteiger partial charge >= 0.3 is 5.97 Å². The number of benzene rings is 1. The maximum absolute atomic E-state index is 13.6. The van der Waals surface area contributed by atoms with Crippen molar-refractivity contribution in [2.45, 2.75) is 76.5 Å². The van der Waals surface area contributed by atoms with Gasteiger partial charge in [-0.2, -0.15) is 11.8 Å². The van der Waals surface area contributed by atoms with Gasteiger partial charge in [0.1, 0.15) is 18.1 Å². The van der Waals surface area contributed by atoms with Gasteiger partial charge in [0.2, 0.25) is 17.7 Å². The second-order valence-electron chi connectivity index (χ2n) is 10.4. The third kappa shape index (κ3) is 10.5. The minimum Gasteiger partial charge on any atom is -0.480 e. The number of aromatic nitrogens is 1. The van der Waals surface area contributed by atoms with E-state index < -0.39 is 47.9 Å². The van der Waals surface area contributed by atoms with Gasteiger partial charge in [-0.15, -0.1) is 0 Å². The minimum atomic E-state index is -1.14. The number of nitrogens with two attached hydrogens (primary N) is 2. The van der Waals surface area contributed by atoms with E-state index in [2.05, 4.69) is 20.9 Å². The normalized spacial score (nSPS) is 14.3. The lowest BCUT2D eigenvalue weighted by atomic mass is 10.0. The number of H-pyrrole nitrogens is 1. The Morgan fingerprint density at radius 1 is 0.950 bits per heavy atom. The van der Waals surface area contributed by atoms with Crippen LogP contribution in [0.15, 0.2) is 30.5 Å². The van der Waals surface area contributed by atoms with E-state index >= 15 is 0 Å². The third-order valence-electron chi connectivity index (χ3n) is 6.60. The summed E-state index contributed by atoms with van der Waals surface area (Å²) in [5.41, 5.74) is 13.4. The molecule has 9 N–H and O–H groups in total. The lowest BCUT2D eigenvalue weighted by molar-refractivity contribution is -0.142. The summed E-state index contributed by atoms with van der Waals surface area (Å²) < 4.78 is 0. The number of fused-ring (bicyclic) bond motifs is 1. The number of hydrogen-bond acceptors (Lipinski definition) is 7. The van der Waals surface area contributed by atoms with E-state index in [1.54, 1.807) is 6.20 Å². The van der Waals surface area contributed by atoms with Crippen molar-refractivity contribution in [1.29, 1.82) is 0 Å². The number of amides is 3. The number of carbonyl (C=O) groups is 4. The highest BCUT2D eigenvalue weighted by atomic mass is 32.2. The second-order valence-corrected chi connectivity index (χ2v) is 11.4. The van der Waals surface area contributed by atoms with Gasteiger partial charge in [0, 0.05) is 23.5 Å². The first-order valence-electron chi connectivity index (χ1n) is 13.7. The SMILES string of the molecule is CSCCC(NC(=O)C(CCCCN)NC(=O)C(Cc1c[nH]c2ccccc12)NC(=O)C(N)CC(C)C)C(=O)O. The number of carbonyl (C=O) groups excluding carboxylic acids is 3. The Morgan fingerprint density at radius 2 is 1.60 bits per heavy atom. The molecule has 0 radical (unpaired) electrons. The first kappa shape index (κ1) is 33.1. The third-order valence-corrected chi connectivity index (χ3v) is 7.24. The molecule has 1 aromatic heterocycles. The van der Waals surface area contributed by atoms with Gasteiger partial charge in [0.25, 0.3) is 0 Å². The summed E-state index contributed by atoms with van der Waals surface area (Å²) in [5.74, 6) is -2.01. The molecular formula is C28H44N6O5S. The van der Waals surface area contributed by atoms with Crippen molar-refractivity contribution in [1.82, 2.24) is 20.9 Å². The van der Waals surface area contributed by atoms with Crippen LogP contribution in [-0.4, -0.2) is 76.5 Å². The van der Waals surface area contributed by atoms with E-state index in [4.69, 9.17) is 11.5 Å². The maximum Gasteiger partial charge on any atom is 0.326 e. The Hall–Kier alpha value is -3.09. The van der Waals surface area contributed by atoms with Gasteiger partial charge in [0.15, 0.2) is 0 Å². The molecule has 0 spiro atoms. The lowest BCUT2D eigenvalue weighted by Gasteiger charge is -2.25. The molecule has 0 saturated carbocycles. The van der Waals surface area contributed by atoms with Crippen LogP contribution >= 0.6 is 11.8 Å². The number of carboxylic acid groups (broad SMARTS) is 1. The standard InChI is InChI=1S/C28H44N6O5S/c1-17(2)14-20(30)25(35)34-24(15-18-16-31-21-9-5-4-8-19(18)21)27(37)32-22(10-6-7-12-29)26(36)33-23(28(38)39)11-13-40-3/h4-5,8-9,16-17,20,22-24,31H,6-7,10-15,29-30H2,1-3H3,(H,32,37)(H,33,36)(H,34,35)(H,38,39). The van der Waals surface area contributed by atoms with Crippen LogP contribution in [0.1, 0.15) is 51.5 Å². The molecule has 2 aromatic rings. The van der Waals surface area contributed by atoms with Crippen molar-refractivity contribution in [2.24, 2.45) is 17.4 Å². The first-order valence-corrected chi connectivity index (χ1v) is 15.1. The van der Waals surface area contributed by atoms with Crippen LogP contribution in [0.25, 0.3) is 10.9 Å². The van der Waals surface area contributed by atoms with Gasteiger partial charge in [-0.25, -0.2) is 4.79 Å². The number of aromatic amines is 1. The second kappa shape index (κ2) is 16.9. The average Bonchev–Trinajstić information content (AvgIpc) is 3.32. The number of nitrogens with one attached hydrogen (secondary N) is 4. The summed E-state index contributed by atoms with van der Waals surface area (Å²) in [6.45, 7) is 4.33. The first-order chi connectivity index (χ1) is 19.1. The summed E-state index contributed by atoms with van der Waals surface area (Å²) in [7, 11) is 0. The highest BCUT2D eigenvalue weighted by Gasteiger charge is 2.30. The van der Waals surface area contributed by atoms with Crippen molar-refractivity contribution in [3.05, 3.63) is 36.0 Å². The predicted octanol–water partition coefficient (Wildman–Crippen LogP) is 1.50. The van der Waals surface area contributed by atoms with E-state index in [-0.39, 0.29) is 25.2 Å². The van der Waals surface area contributed by atoms with Crippen molar-refractivity contribution in [2.75, 3.05) is 18.6 Å². The molecule has 1 aromatic carbocycles. The van der Waals surface area contributed by atoms with Crippen molar-refractivity contribution >= 4 is 46.4 Å². The molecule has 0 fully saturated rings. The van der Waals surface area contributed by atoms with Crippen LogP contribution < -0.4 is 27.4 Å². The van der Waals surface area contributed by atoms with Crippen LogP contribution in [0.2, 0.25) is 0 Å². The number of carboxylic acids is 1. The highest BCUT2D eigenvalue weighted by molar-refractivity contribution is 7.98. The Balaban J connectivity index is 2.28. The Labute approximate surface area is 240 Å². The molecule has 11 nitrogen and oxygen atoms in total. The number of unbranched alkanes of at least 4 members (excludes halogenated alkanes) is 1. The van der Waals surface area contributed by atoms with Gasteiger partial charge in [-0.05, 0) is 68.2 Å². The lowest BCUT2D eigenvalue weighted by Crippen LogP contribution is -2.57. The van der Waals surface area contributed by atoms with Crippen molar-refractivity contribution in [3.63, 3.8) is 0 Å². The molecule has 1 heterocycles. The molecule has 4 unspecified atom stereocenters. The molecule has 40 heavy (non-hydrogen) atoms. The topological polar surface area (TPSA) is 192 Å². The zero-order chi connectivity index (χ0) is 29.7. The maximum atomic E-state index is 13.6. The van der Waals surface area contributed by atoms with Crippen molar-refractivity contribution in [3.8, 4) is 0 Å². The summed E-state index contributed by atoms with van der Waals surface area (Å²) >= 11 is 1.48. The molecule has 0 aliphatic rings. The van der Waals surface area contributed by atoms with Gasteiger partial charge in [0.05, 0.1) is 6.04 Å². The highest BCUT2D eigenvalue weighted by Crippen LogP contribution is 2.19. The summed E-state index contributed by atoms with van der Waals surface area (Å²) in [4.78, 5) is 54.6. The van der Waals surface area contributed by atoms with Crippen LogP contribution in [0, 0.1) is 5.92 Å². The molecule has 222 valence electrons. The quantitative estimate of drug-likeness (QED) is 0.130. The van der Waals surface area contributed by atoms with Gasteiger partial charge in [-0.3, -0.25) is 14.4 Å². The molecule has 12 heteroatoms. The fourth-order valence-corrected chi connectivity index (χ4v) is 4.89. The molecule has 2 rings (SSSR count). The van der Waals surface area contributed by atoms with Crippen LogP contribution in [0.5, 0.6) is 0 Å². The van der Waals surface area contributed by atoms with Crippen LogP contribution in [0.4, 0.5) is 0 Å².